The first-order valence-corrected chi connectivity index (χ1v) is 5.35. The fraction of sp³-hybridized carbons (Fsp3) is 0.154. The van der Waals surface area contributed by atoms with E-state index in [1.807, 2.05) is 0 Å². The Labute approximate surface area is 109 Å². The first kappa shape index (κ1) is 14.4. The van der Waals surface area contributed by atoms with Gasteiger partial charge in [-0.15, -0.1) is 0 Å². The van der Waals surface area contributed by atoms with Crippen LogP contribution in [0.25, 0.3) is 0 Å². The third-order valence-electron chi connectivity index (χ3n) is 2.28. The molecular weight excluding hydrogens is 250 g/mol. The van der Waals surface area contributed by atoms with Gasteiger partial charge in [-0.25, -0.2) is 9.59 Å². The normalized spacial score (nSPS) is 10.2. The number of rotatable bonds is 4. The summed E-state index contributed by atoms with van der Waals surface area (Å²) in [5.74, 6) is -2.23. The Hall–Kier alpha value is -2.63. The molecule has 0 radical (unpaired) electrons. The SMILES string of the molecule is COC(=O)c1ccc(NC(=O)/C=C/C(=O)O)c(C)c1. The topological polar surface area (TPSA) is 92.7 Å². The molecule has 1 rings (SSSR count). The van der Waals surface area contributed by atoms with Gasteiger partial charge in [-0.05, 0) is 30.7 Å². The molecule has 1 amide bonds. The molecular formula is C13H13NO5. The molecule has 6 nitrogen and oxygen atoms in total. The van der Waals surface area contributed by atoms with Gasteiger partial charge in [0.05, 0.1) is 12.7 Å². The lowest BCUT2D eigenvalue weighted by Crippen LogP contribution is -2.10. The standard InChI is InChI=1S/C13H13NO5/c1-8-7-9(13(18)19-2)3-4-10(8)14-11(15)5-6-12(16)17/h3-7H,1-2H3,(H,14,15)(H,16,17)/b6-5+. The molecule has 0 saturated carbocycles. The minimum absolute atomic E-state index is 0.374. The number of amides is 1. The quantitative estimate of drug-likeness (QED) is 0.632. The van der Waals surface area contributed by atoms with Crippen molar-refractivity contribution in [1.29, 1.82) is 0 Å². The minimum atomic E-state index is -1.20. The fourth-order valence-electron chi connectivity index (χ4n) is 1.37. The molecule has 0 fully saturated rings. The van der Waals surface area contributed by atoms with E-state index in [1.165, 1.54) is 13.2 Å². The van der Waals surface area contributed by atoms with Gasteiger partial charge < -0.3 is 15.2 Å². The van der Waals surface area contributed by atoms with Crippen molar-refractivity contribution < 1.29 is 24.2 Å². The maximum Gasteiger partial charge on any atom is 0.337 e. The number of ether oxygens (including phenoxy) is 1. The number of esters is 1. The van der Waals surface area contributed by atoms with E-state index < -0.39 is 17.8 Å². The summed E-state index contributed by atoms with van der Waals surface area (Å²) < 4.78 is 4.57. The van der Waals surface area contributed by atoms with Crippen molar-refractivity contribution in [1.82, 2.24) is 0 Å². The second-order valence-electron chi connectivity index (χ2n) is 3.68. The molecule has 0 aliphatic heterocycles. The molecule has 6 heteroatoms. The number of anilines is 1. The highest BCUT2D eigenvalue weighted by molar-refractivity contribution is 6.03. The molecule has 0 bridgehead atoms. The van der Waals surface area contributed by atoms with E-state index in [0.29, 0.717) is 16.8 Å². The van der Waals surface area contributed by atoms with Crippen molar-refractivity contribution >= 4 is 23.5 Å². The molecule has 1 aromatic carbocycles. The zero-order chi connectivity index (χ0) is 14.4. The van der Waals surface area contributed by atoms with Crippen molar-refractivity contribution in [2.24, 2.45) is 0 Å². The van der Waals surface area contributed by atoms with Crippen LogP contribution in [-0.4, -0.2) is 30.1 Å². The predicted molar refractivity (Wildman–Crippen MR) is 67.9 cm³/mol. The molecule has 100 valence electrons. The smallest absolute Gasteiger partial charge is 0.337 e. The lowest BCUT2D eigenvalue weighted by atomic mass is 10.1. The molecule has 0 spiro atoms. The van der Waals surface area contributed by atoms with Crippen LogP contribution in [0.1, 0.15) is 15.9 Å². The Morgan fingerprint density at radius 2 is 1.95 bits per heavy atom. The maximum atomic E-state index is 11.4. The van der Waals surface area contributed by atoms with E-state index in [2.05, 4.69) is 10.1 Å². The largest absolute Gasteiger partial charge is 0.478 e. The van der Waals surface area contributed by atoms with E-state index in [1.54, 1.807) is 19.1 Å². The minimum Gasteiger partial charge on any atom is -0.478 e. The van der Waals surface area contributed by atoms with Gasteiger partial charge in [-0.3, -0.25) is 4.79 Å². The van der Waals surface area contributed by atoms with E-state index in [-0.39, 0.29) is 0 Å². The van der Waals surface area contributed by atoms with Crippen LogP contribution in [-0.2, 0) is 14.3 Å². The molecule has 0 aromatic heterocycles. The third-order valence-corrected chi connectivity index (χ3v) is 2.28. The number of hydrogen-bond donors (Lipinski definition) is 2. The zero-order valence-electron chi connectivity index (χ0n) is 10.5. The zero-order valence-corrected chi connectivity index (χ0v) is 10.5. The summed E-state index contributed by atoms with van der Waals surface area (Å²) in [5, 5.41) is 10.9. The van der Waals surface area contributed by atoms with Gasteiger partial charge in [0.1, 0.15) is 0 Å². The number of carbonyl (C=O) groups is 3. The van der Waals surface area contributed by atoms with Crippen molar-refractivity contribution in [2.75, 3.05) is 12.4 Å². The molecule has 2 N–H and O–H groups in total. The average Bonchev–Trinajstić information content (AvgIpc) is 2.37. The van der Waals surface area contributed by atoms with Crippen molar-refractivity contribution in [3.05, 3.63) is 41.5 Å². The van der Waals surface area contributed by atoms with Crippen LogP contribution in [0.4, 0.5) is 5.69 Å². The van der Waals surface area contributed by atoms with Gasteiger partial charge in [-0.2, -0.15) is 0 Å². The third kappa shape index (κ3) is 4.27. The number of aliphatic carboxylic acids is 1. The van der Waals surface area contributed by atoms with Crippen LogP contribution in [0.3, 0.4) is 0 Å². The molecule has 0 atom stereocenters. The first-order valence-electron chi connectivity index (χ1n) is 5.35. The molecule has 0 saturated heterocycles. The Morgan fingerprint density at radius 3 is 2.47 bits per heavy atom. The number of carboxylic acid groups (broad SMARTS) is 1. The molecule has 19 heavy (non-hydrogen) atoms. The first-order chi connectivity index (χ1) is 8.93. The van der Waals surface area contributed by atoms with Crippen molar-refractivity contribution in [3.8, 4) is 0 Å². The lowest BCUT2D eigenvalue weighted by molar-refractivity contribution is -0.131. The van der Waals surface area contributed by atoms with Gasteiger partial charge in [0.2, 0.25) is 5.91 Å². The summed E-state index contributed by atoms with van der Waals surface area (Å²) in [6, 6.07) is 4.63. The Morgan fingerprint density at radius 1 is 1.26 bits per heavy atom. The highest BCUT2D eigenvalue weighted by Crippen LogP contribution is 2.17. The van der Waals surface area contributed by atoms with Crippen LogP contribution < -0.4 is 5.32 Å². The molecule has 0 aliphatic carbocycles. The summed E-state index contributed by atoms with van der Waals surface area (Å²) in [7, 11) is 1.28. The molecule has 1 aromatic rings. The van der Waals surface area contributed by atoms with Gasteiger partial charge in [-0.1, -0.05) is 0 Å². The van der Waals surface area contributed by atoms with Crippen LogP contribution in [0.2, 0.25) is 0 Å². The summed E-state index contributed by atoms with van der Waals surface area (Å²) >= 11 is 0. The number of hydrogen-bond acceptors (Lipinski definition) is 4. The lowest BCUT2D eigenvalue weighted by Gasteiger charge is -2.07. The molecule has 0 unspecified atom stereocenters. The summed E-state index contributed by atoms with van der Waals surface area (Å²) in [6.07, 6.45) is 1.66. The van der Waals surface area contributed by atoms with Gasteiger partial charge >= 0.3 is 11.9 Å². The Kier molecular flexibility index (Phi) is 4.82. The van der Waals surface area contributed by atoms with Crippen LogP contribution in [0.5, 0.6) is 0 Å². The van der Waals surface area contributed by atoms with E-state index in [4.69, 9.17) is 5.11 Å². The number of aryl methyl sites for hydroxylation is 1. The Bertz CT molecular complexity index is 548. The van der Waals surface area contributed by atoms with Crippen LogP contribution >= 0.6 is 0 Å². The van der Waals surface area contributed by atoms with Crippen LogP contribution in [0, 0.1) is 6.92 Å². The van der Waals surface area contributed by atoms with E-state index in [0.717, 1.165) is 12.2 Å². The Balaban J connectivity index is 2.83. The summed E-state index contributed by atoms with van der Waals surface area (Å²) in [5.41, 5.74) is 1.53. The summed E-state index contributed by atoms with van der Waals surface area (Å²) in [4.78, 5) is 32.9. The molecule has 0 heterocycles. The van der Waals surface area contributed by atoms with Gasteiger partial charge in [0, 0.05) is 17.8 Å². The number of methoxy groups -OCH3 is 1. The van der Waals surface area contributed by atoms with E-state index >= 15 is 0 Å². The van der Waals surface area contributed by atoms with Gasteiger partial charge in [0.25, 0.3) is 0 Å². The van der Waals surface area contributed by atoms with Gasteiger partial charge in [0.15, 0.2) is 0 Å². The molecule has 0 aliphatic rings. The second-order valence-corrected chi connectivity index (χ2v) is 3.68. The number of benzene rings is 1. The van der Waals surface area contributed by atoms with Crippen molar-refractivity contribution in [2.45, 2.75) is 6.92 Å². The number of carbonyl (C=O) groups excluding carboxylic acids is 2. The fourth-order valence-corrected chi connectivity index (χ4v) is 1.37. The average molecular weight is 263 g/mol. The maximum absolute atomic E-state index is 11.4. The van der Waals surface area contributed by atoms with E-state index in [9.17, 15) is 14.4 Å². The predicted octanol–water partition coefficient (Wildman–Crippen LogP) is 1.36. The van der Waals surface area contributed by atoms with Crippen molar-refractivity contribution in [3.63, 3.8) is 0 Å². The highest BCUT2D eigenvalue weighted by Gasteiger charge is 2.08. The highest BCUT2D eigenvalue weighted by atomic mass is 16.5. The second kappa shape index (κ2) is 6.34. The number of nitrogens with one attached hydrogen (secondary N) is 1. The monoisotopic (exact) mass is 263 g/mol. The van der Waals surface area contributed by atoms with Crippen LogP contribution in [0.15, 0.2) is 30.4 Å². The summed E-state index contributed by atoms with van der Waals surface area (Å²) in [6.45, 7) is 1.71. The number of carboxylic acids is 1.